The maximum atomic E-state index is 6.01. The van der Waals surface area contributed by atoms with Gasteiger partial charge in [-0.15, -0.1) is 0 Å². The highest BCUT2D eigenvalue weighted by atomic mass is 35.5. The first-order valence-electron chi connectivity index (χ1n) is 6.38. The predicted molar refractivity (Wildman–Crippen MR) is 78.9 cm³/mol. The van der Waals surface area contributed by atoms with E-state index in [1.807, 2.05) is 6.07 Å². The van der Waals surface area contributed by atoms with Crippen LogP contribution in [0.2, 0.25) is 10.0 Å². The van der Waals surface area contributed by atoms with Crippen molar-refractivity contribution in [3.05, 3.63) is 28.2 Å². The maximum absolute atomic E-state index is 6.01. The molecule has 0 saturated carbocycles. The number of hydrogen-bond acceptors (Lipinski definition) is 2. The number of unbranched alkanes of at least 4 members (excludes halogenated alkanes) is 1. The van der Waals surface area contributed by atoms with Gasteiger partial charge in [0, 0.05) is 5.02 Å². The van der Waals surface area contributed by atoms with Gasteiger partial charge in [0.25, 0.3) is 0 Å². The first-order chi connectivity index (χ1) is 8.59. The van der Waals surface area contributed by atoms with E-state index in [1.54, 1.807) is 12.1 Å². The van der Waals surface area contributed by atoms with Gasteiger partial charge >= 0.3 is 0 Å². The molecule has 1 aromatic carbocycles. The number of hydrogen-bond donors (Lipinski definition) is 1. The fraction of sp³-hybridized carbons (Fsp3) is 0.571. The molecule has 0 atom stereocenters. The standard InChI is InChI=1S/C14H21Cl2NO/c1-11(2)10-17-7-3-4-8-18-14-6-5-12(15)9-13(14)16/h5-6,9,11,17H,3-4,7-8,10H2,1-2H3. The number of nitrogens with one attached hydrogen (secondary N) is 1. The SMILES string of the molecule is CC(C)CNCCCCOc1ccc(Cl)cc1Cl. The second-order valence-corrected chi connectivity index (χ2v) is 5.57. The molecule has 0 aliphatic heterocycles. The maximum Gasteiger partial charge on any atom is 0.137 e. The van der Waals surface area contributed by atoms with Crippen molar-refractivity contribution < 1.29 is 4.74 Å². The molecule has 4 heteroatoms. The van der Waals surface area contributed by atoms with Crippen LogP contribution in [0.1, 0.15) is 26.7 Å². The van der Waals surface area contributed by atoms with E-state index >= 15 is 0 Å². The van der Waals surface area contributed by atoms with Crippen molar-refractivity contribution in [2.75, 3.05) is 19.7 Å². The van der Waals surface area contributed by atoms with Crippen LogP contribution in [0.5, 0.6) is 5.75 Å². The average molecular weight is 290 g/mol. The van der Waals surface area contributed by atoms with Gasteiger partial charge in [0.1, 0.15) is 5.75 Å². The molecule has 0 bridgehead atoms. The summed E-state index contributed by atoms with van der Waals surface area (Å²) in [6.07, 6.45) is 2.13. The zero-order chi connectivity index (χ0) is 13.4. The largest absolute Gasteiger partial charge is 0.492 e. The van der Waals surface area contributed by atoms with Gasteiger partial charge < -0.3 is 10.1 Å². The quantitative estimate of drug-likeness (QED) is 0.717. The van der Waals surface area contributed by atoms with Gasteiger partial charge in [0.2, 0.25) is 0 Å². The monoisotopic (exact) mass is 289 g/mol. The Balaban J connectivity index is 2.11. The van der Waals surface area contributed by atoms with Crippen LogP contribution in [0.25, 0.3) is 0 Å². The lowest BCUT2D eigenvalue weighted by Gasteiger charge is -2.09. The fourth-order valence-corrected chi connectivity index (χ4v) is 1.98. The van der Waals surface area contributed by atoms with Gasteiger partial charge in [-0.25, -0.2) is 0 Å². The van der Waals surface area contributed by atoms with E-state index in [9.17, 15) is 0 Å². The molecule has 0 spiro atoms. The summed E-state index contributed by atoms with van der Waals surface area (Å²) in [6, 6.07) is 5.29. The van der Waals surface area contributed by atoms with Crippen molar-refractivity contribution in [2.45, 2.75) is 26.7 Å². The molecular formula is C14H21Cl2NO. The molecule has 0 aromatic heterocycles. The summed E-state index contributed by atoms with van der Waals surface area (Å²) < 4.78 is 5.60. The highest BCUT2D eigenvalue weighted by molar-refractivity contribution is 6.35. The summed E-state index contributed by atoms with van der Waals surface area (Å²) in [4.78, 5) is 0. The molecule has 1 N–H and O–H groups in total. The zero-order valence-corrected chi connectivity index (χ0v) is 12.5. The number of halogens is 2. The molecule has 0 aliphatic carbocycles. The lowest BCUT2D eigenvalue weighted by Crippen LogP contribution is -2.21. The van der Waals surface area contributed by atoms with Crippen LogP contribution in [0.4, 0.5) is 0 Å². The third-order valence-corrected chi connectivity index (χ3v) is 2.98. The Kier molecular flexibility index (Phi) is 7.48. The van der Waals surface area contributed by atoms with Crippen molar-refractivity contribution in [1.82, 2.24) is 5.32 Å². The van der Waals surface area contributed by atoms with Crippen LogP contribution in [0.3, 0.4) is 0 Å². The minimum absolute atomic E-state index is 0.570. The van der Waals surface area contributed by atoms with Gasteiger partial charge in [-0.05, 0) is 50.0 Å². The summed E-state index contributed by atoms with van der Waals surface area (Å²) in [6.45, 7) is 7.21. The molecule has 0 unspecified atom stereocenters. The third-order valence-electron chi connectivity index (χ3n) is 2.45. The van der Waals surface area contributed by atoms with Crippen LogP contribution in [-0.4, -0.2) is 19.7 Å². The summed E-state index contributed by atoms with van der Waals surface area (Å²) in [5.41, 5.74) is 0. The van der Waals surface area contributed by atoms with Crippen molar-refractivity contribution in [1.29, 1.82) is 0 Å². The van der Waals surface area contributed by atoms with E-state index in [4.69, 9.17) is 27.9 Å². The molecule has 1 aromatic rings. The van der Waals surface area contributed by atoms with E-state index in [2.05, 4.69) is 19.2 Å². The Hall–Kier alpha value is -0.440. The molecule has 2 nitrogen and oxygen atoms in total. The molecule has 18 heavy (non-hydrogen) atoms. The summed E-state index contributed by atoms with van der Waals surface area (Å²) >= 11 is 11.8. The van der Waals surface area contributed by atoms with Crippen LogP contribution in [-0.2, 0) is 0 Å². The summed E-state index contributed by atoms with van der Waals surface area (Å²) in [5, 5.41) is 4.60. The average Bonchev–Trinajstić information content (AvgIpc) is 2.30. The van der Waals surface area contributed by atoms with E-state index in [1.165, 1.54) is 0 Å². The Labute approximate surface area is 120 Å². The summed E-state index contributed by atoms with van der Waals surface area (Å²) in [7, 11) is 0. The van der Waals surface area contributed by atoms with Crippen LogP contribution in [0, 0.1) is 5.92 Å². The van der Waals surface area contributed by atoms with Gasteiger partial charge in [-0.2, -0.15) is 0 Å². The van der Waals surface area contributed by atoms with Gasteiger partial charge in [0.15, 0.2) is 0 Å². The smallest absolute Gasteiger partial charge is 0.137 e. The summed E-state index contributed by atoms with van der Waals surface area (Å²) in [5.74, 6) is 1.41. The lowest BCUT2D eigenvalue weighted by atomic mass is 10.2. The van der Waals surface area contributed by atoms with Gasteiger partial charge in [-0.3, -0.25) is 0 Å². The predicted octanol–water partition coefficient (Wildman–Crippen LogP) is 4.40. The number of ether oxygens (including phenoxy) is 1. The minimum Gasteiger partial charge on any atom is -0.492 e. The van der Waals surface area contributed by atoms with Crippen LogP contribution >= 0.6 is 23.2 Å². The van der Waals surface area contributed by atoms with Crippen molar-refractivity contribution in [2.24, 2.45) is 5.92 Å². The third kappa shape index (κ3) is 6.48. The van der Waals surface area contributed by atoms with Gasteiger partial charge in [0.05, 0.1) is 11.6 Å². The molecule has 1 rings (SSSR count). The molecule has 102 valence electrons. The second kappa shape index (κ2) is 8.63. The molecule has 0 radical (unpaired) electrons. The minimum atomic E-state index is 0.570. The molecule has 0 saturated heterocycles. The molecule has 0 amide bonds. The Bertz CT molecular complexity index is 356. The topological polar surface area (TPSA) is 21.3 Å². The Morgan fingerprint density at radius 3 is 2.67 bits per heavy atom. The van der Waals surface area contributed by atoms with E-state index in [-0.39, 0.29) is 0 Å². The normalized spacial score (nSPS) is 10.9. The lowest BCUT2D eigenvalue weighted by molar-refractivity contribution is 0.305. The highest BCUT2D eigenvalue weighted by Gasteiger charge is 2.01. The number of benzene rings is 1. The van der Waals surface area contributed by atoms with Crippen LogP contribution in [0.15, 0.2) is 18.2 Å². The molecular weight excluding hydrogens is 269 g/mol. The van der Waals surface area contributed by atoms with Crippen LogP contribution < -0.4 is 10.1 Å². The second-order valence-electron chi connectivity index (χ2n) is 4.73. The molecule has 0 aliphatic rings. The highest BCUT2D eigenvalue weighted by Crippen LogP contribution is 2.27. The first kappa shape index (κ1) is 15.6. The van der Waals surface area contributed by atoms with Crippen molar-refractivity contribution in [3.63, 3.8) is 0 Å². The van der Waals surface area contributed by atoms with Crippen molar-refractivity contribution >= 4 is 23.2 Å². The first-order valence-corrected chi connectivity index (χ1v) is 7.13. The fourth-order valence-electron chi connectivity index (χ4n) is 1.52. The molecule has 0 fully saturated rings. The van der Waals surface area contributed by atoms with Gasteiger partial charge in [-0.1, -0.05) is 37.0 Å². The zero-order valence-electron chi connectivity index (χ0n) is 11.0. The van der Waals surface area contributed by atoms with Crippen molar-refractivity contribution in [3.8, 4) is 5.75 Å². The van der Waals surface area contributed by atoms with E-state index < -0.39 is 0 Å². The van der Waals surface area contributed by atoms with E-state index in [0.717, 1.165) is 25.9 Å². The Morgan fingerprint density at radius 1 is 1.22 bits per heavy atom. The Morgan fingerprint density at radius 2 is 2.00 bits per heavy atom. The van der Waals surface area contributed by atoms with E-state index in [0.29, 0.717) is 28.3 Å². The number of rotatable bonds is 8. The molecule has 0 heterocycles.